The lowest BCUT2D eigenvalue weighted by molar-refractivity contribution is -0.138. The second-order valence-corrected chi connectivity index (χ2v) is 4.81. The Morgan fingerprint density at radius 1 is 1.50 bits per heavy atom. The summed E-state index contributed by atoms with van der Waals surface area (Å²) in [4.78, 5) is 13.0. The normalized spacial score (nSPS) is 11.4. The summed E-state index contributed by atoms with van der Waals surface area (Å²) in [6.45, 7) is 0.257. The quantitative estimate of drug-likeness (QED) is 0.946. The Kier molecular flexibility index (Phi) is 3.93. The minimum Gasteiger partial charge on any atom is -0.472 e. The summed E-state index contributed by atoms with van der Waals surface area (Å²) in [6, 6.07) is 1.09. The van der Waals surface area contributed by atoms with Crippen LogP contribution in [-0.2, 0) is 12.7 Å². The highest BCUT2D eigenvalue weighted by Gasteiger charge is 2.35. The molecule has 0 aliphatic heterocycles. The number of rotatable bonds is 3. The average Bonchev–Trinajstić information content (AvgIpc) is 2.98. The molecule has 0 aliphatic carbocycles. The number of nitrogens with one attached hydrogen (secondary N) is 1. The Bertz CT molecular complexity index is 582. The van der Waals surface area contributed by atoms with E-state index < -0.39 is 17.2 Å². The number of anilines is 1. The summed E-state index contributed by atoms with van der Waals surface area (Å²) in [6.07, 6.45) is -1.64. The maximum absolute atomic E-state index is 12.3. The van der Waals surface area contributed by atoms with E-state index in [0.29, 0.717) is 0 Å². The van der Waals surface area contributed by atoms with Crippen LogP contribution in [0, 0.1) is 0 Å². The van der Waals surface area contributed by atoms with Crippen LogP contribution in [0.3, 0.4) is 0 Å². The van der Waals surface area contributed by atoms with Crippen LogP contribution in [0.15, 0.2) is 23.0 Å². The molecule has 2 rings (SSSR count). The average molecular weight is 306 g/mol. The van der Waals surface area contributed by atoms with E-state index in [1.165, 1.54) is 24.5 Å². The number of alkyl halides is 3. The zero-order valence-corrected chi connectivity index (χ0v) is 11.0. The van der Waals surface area contributed by atoms with Crippen molar-refractivity contribution < 1.29 is 22.4 Å². The van der Waals surface area contributed by atoms with Crippen LogP contribution in [0.4, 0.5) is 23.1 Å². The minimum absolute atomic E-state index is 0.207. The number of aromatic nitrogens is 2. The van der Waals surface area contributed by atoms with Crippen molar-refractivity contribution in [2.75, 3.05) is 12.4 Å². The molecule has 6 nitrogen and oxygen atoms in total. The molecule has 0 radical (unpaired) electrons. The van der Waals surface area contributed by atoms with Crippen molar-refractivity contribution in [3.63, 3.8) is 0 Å². The van der Waals surface area contributed by atoms with E-state index in [1.807, 2.05) is 0 Å². The van der Waals surface area contributed by atoms with E-state index in [1.54, 1.807) is 6.07 Å². The molecule has 2 aromatic rings. The Labute approximate surface area is 115 Å². The maximum atomic E-state index is 12.3. The van der Waals surface area contributed by atoms with Crippen LogP contribution in [0.25, 0.3) is 0 Å². The van der Waals surface area contributed by atoms with Crippen molar-refractivity contribution in [3.05, 3.63) is 29.2 Å². The van der Waals surface area contributed by atoms with Crippen molar-refractivity contribution in [1.82, 2.24) is 15.1 Å². The van der Waals surface area contributed by atoms with Gasteiger partial charge in [-0.05, 0) is 6.07 Å². The van der Waals surface area contributed by atoms with Gasteiger partial charge in [0.2, 0.25) is 10.1 Å². The first-order valence-electron chi connectivity index (χ1n) is 5.30. The van der Waals surface area contributed by atoms with Crippen molar-refractivity contribution in [1.29, 1.82) is 0 Å². The molecule has 2 amide bonds. The third-order valence-corrected chi connectivity index (χ3v) is 3.11. The smallest absolute Gasteiger partial charge is 0.445 e. The highest BCUT2D eigenvalue weighted by atomic mass is 32.1. The summed E-state index contributed by atoms with van der Waals surface area (Å²) in [5, 5.41) is 7.18. The lowest BCUT2D eigenvalue weighted by Crippen LogP contribution is -2.30. The van der Waals surface area contributed by atoms with Crippen molar-refractivity contribution in [2.24, 2.45) is 0 Å². The van der Waals surface area contributed by atoms with Crippen LogP contribution < -0.4 is 5.32 Å². The van der Waals surface area contributed by atoms with Gasteiger partial charge in [0.1, 0.15) is 0 Å². The first-order chi connectivity index (χ1) is 9.36. The van der Waals surface area contributed by atoms with Gasteiger partial charge in [-0.25, -0.2) is 4.79 Å². The fraction of sp³-hybridized carbons (Fsp3) is 0.300. The Morgan fingerprint density at radius 2 is 2.25 bits per heavy atom. The number of amides is 2. The fourth-order valence-electron chi connectivity index (χ4n) is 1.30. The van der Waals surface area contributed by atoms with Gasteiger partial charge in [0.25, 0.3) is 0 Å². The second kappa shape index (κ2) is 5.49. The molecule has 10 heteroatoms. The number of carbonyl (C=O) groups is 1. The van der Waals surface area contributed by atoms with Crippen LogP contribution in [0.5, 0.6) is 0 Å². The predicted octanol–water partition coefficient (Wildman–Crippen LogP) is 2.81. The van der Waals surface area contributed by atoms with Gasteiger partial charge in [-0.2, -0.15) is 13.2 Å². The number of hydrogen-bond acceptors (Lipinski definition) is 5. The van der Waals surface area contributed by atoms with E-state index in [9.17, 15) is 18.0 Å². The van der Waals surface area contributed by atoms with Gasteiger partial charge in [-0.1, -0.05) is 11.3 Å². The van der Waals surface area contributed by atoms with Gasteiger partial charge in [0.05, 0.1) is 19.1 Å². The maximum Gasteiger partial charge on any atom is 0.445 e. The highest BCUT2D eigenvalue weighted by molar-refractivity contribution is 7.15. The lowest BCUT2D eigenvalue weighted by atomic mass is 10.3. The van der Waals surface area contributed by atoms with Crippen LogP contribution in [0.2, 0.25) is 0 Å². The highest BCUT2D eigenvalue weighted by Crippen LogP contribution is 2.33. The number of carbonyl (C=O) groups excluding carboxylic acids is 1. The molecule has 0 saturated heterocycles. The molecule has 0 fully saturated rings. The van der Waals surface area contributed by atoms with Gasteiger partial charge in [0.15, 0.2) is 0 Å². The van der Waals surface area contributed by atoms with Gasteiger partial charge in [-0.15, -0.1) is 10.2 Å². The SMILES string of the molecule is CN(Cc1ccoc1)C(=O)Nc1nnc(C(F)(F)F)s1. The first kappa shape index (κ1) is 14.3. The summed E-state index contributed by atoms with van der Waals surface area (Å²) in [7, 11) is 1.49. The van der Waals surface area contributed by atoms with Gasteiger partial charge < -0.3 is 9.32 Å². The molecule has 0 bridgehead atoms. The monoisotopic (exact) mass is 306 g/mol. The Morgan fingerprint density at radius 3 is 2.80 bits per heavy atom. The van der Waals surface area contributed by atoms with Crippen LogP contribution >= 0.6 is 11.3 Å². The summed E-state index contributed by atoms with van der Waals surface area (Å²) >= 11 is 0.269. The number of halogens is 3. The van der Waals surface area contributed by atoms with Crippen LogP contribution in [0.1, 0.15) is 10.6 Å². The number of furan rings is 1. The van der Waals surface area contributed by atoms with Crippen molar-refractivity contribution >= 4 is 22.5 Å². The van der Waals surface area contributed by atoms with E-state index in [2.05, 4.69) is 15.5 Å². The molecule has 20 heavy (non-hydrogen) atoms. The molecule has 2 aromatic heterocycles. The first-order valence-corrected chi connectivity index (χ1v) is 6.12. The summed E-state index contributed by atoms with van der Waals surface area (Å²) in [5.74, 6) is 0. The van der Waals surface area contributed by atoms with Crippen molar-refractivity contribution in [3.8, 4) is 0 Å². The van der Waals surface area contributed by atoms with E-state index in [0.717, 1.165) is 5.56 Å². The standard InChI is InChI=1S/C10H9F3N4O2S/c1-17(4-6-2-3-19-5-6)9(18)14-8-16-15-7(20-8)10(11,12)13/h2-3,5H,4H2,1H3,(H,14,16,18). The predicted molar refractivity (Wildman–Crippen MR) is 64.1 cm³/mol. The molecular weight excluding hydrogens is 297 g/mol. The van der Waals surface area contributed by atoms with Gasteiger partial charge in [0, 0.05) is 12.6 Å². The molecule has 108 valence electrons. The van der Waals surface area contributed by atoms with E-state index in [4.69, 9.17) is 4.42 Å². The third-order valence-electron chi connectivity index (χ3n) is 2.23. The minimum atomic E-state index is -4.57. The molecular formula is C10H9F3N4O2S. The Hall–Kier alpha value is -2.10. The fourth-order valence-corrected chi connectivity index (χ4v) is 1.90. The second-order valence-electron chi connectivity index (χ2n) is 3.83. The molecule has 0 saturated carbocycles. The van der Waals surface area contributed by atoms with Crippen LogP contribution in [-0.4, -0.2) is 28.2 Å². The zero-order chi connectivity index (χ0) is 14.8. The number of urea groups is 1. The Balaban J connectivity index is 1.95. The van der Waals surface area contributed by atoms with Crippen molar-refractivity contribution in [2.45, 2.75) is 12.7 Å². The largest absolute Gasteiger partial charge is 0.472 e. The topological polar surface area (TPSA) is 71.3 Å². The number of hydrogen-bond donors (Lipinski definition) is 1. The molecule has 2 heterocycles. The molecule has 0 aromatic carbocycles. The summed E-state index contributed by atoms with van der Waals surface area (Å²) < 4.78 is 41.8. The number of nitrogens with zero attached hydrogens (tertiary/aromatic N) is 3. The molecule has 0 unspecified atom stereocenters. The summed E-state index contributed by atoms with van der Waals surface area (Å²) in [5.41, 5.74) is 0.760. The third kappa shape index (κ3) is 3.47. The van der Waals surface area contributed by atoms with Gasteiger partial charge in [-0.3, -0.25) is 5.32 Å². The molecule has 0 atom stereocenters. The van der Waals surface area contributed by atoms with E-state index in [-0.39, 0.29) is 23.0 Å². The molecule has 0 aliphatic rings. The van der Waals surface area contributed by atoms with Gasteiger partial charge >= 0.3 is 12.2 Å². The lowest BCUT2D eigenvalue weighted by Gasteiger charge is -2.15. The molecule has 0 spiro atoms. The van der Waals surface area contributed by atoms with E-state index >= 15 is 0 Å². The molecule has 1 N–H and O–H groups in total. The zero-order valence-electron chi connectivity index (χ0n) is 10.1.